The summed E-state index contributed by atoms with van der Waals surface area (Å²) in [4.78, 5) is 30.9. The molecule has 0 bridgehead atoms. The van der Waals surface area contributed by atoms with Crippen LogP contribution in [0.1, 0.15) is 25.7 Å². The minimum atomic E-state index is -0.300. The molecular weight excluding hydrogens is 324 g/mol. The maximum atomic E-state index is 12.7. The zero-order chi connectivity index (χ0) is 18.2. The van der Waals surface area contributed by atoms with E-state index in [0.717, 1.165) is 5.82 Å². The number of aryl methyl sites for hydroxylation is 1. The number of imidazole rings is 1. The van der Waals surface area contributed by atoms with Gasteiger partial charge in [-0.15, -0.1) is 0 Å². The lowest BCUT2D eigenvalue weighted by Crippen LogP contribution is -2.59. The lowest BCUT2D eigenvalue weighted by Gasteiger charge is -2.53. The van der Waals surface area contributed by atoms with Gasteiger partial charge < -0.3 is 14.2 Å². The molecule has 9 nitrogen and oxygen atoms in total. The third-order valence-electron chi connectivity index (χ3n) is 4.65. The quantitative estimate of drug-likeness (QED) is 0.735. The standard InChI is InChI=1S/C16H24N6O3/c1-16(2)10-21(12(23)9-22-15(24)19(3)11-18-22)13(16)14-17-5-6-20(14)7-8-25-4/h5-6,11,13H,7-10H2,1-4H3. The molecule has 0 aliphatic carbocycles. The molecule has 0 spiro atoms. The topological polar surface area (TPSA) is 87.2 Å². The van der Waals surface area contributed by atoms with E-state index in [0.29, 0.717) is 19.7 Å². The first-order chi connectivity index (χ1) is 11.8. The lowest BCUT2D eigenvalue weighted by molar-refractivity contribution is -0.154. The highest BCUT2D eigenvalue weighted by Gasteiger charge is 2.50. The second-order valence-electron chi connectivity index (χ2n) is 7.07. The zero-order valence-electron chi connectivity index (χ0n) is 15.0. The molecule has 1 fully saturated rings. The molecule has 0 N–H and O–H groups in total. The van der Waals surface area contributed by atoms with Crippen LogP contribution < -0.4 is 5.69 Å². The van der Waals surface area contributed by atoms with Crippen molar-refractivity contribution in [1.82, 2.24) is 28.8 Å². The van der Waals surface area contributed by atoms with Crippen molar-refractivity contribution < 1.29 is 9.53 Å². The second kappa shape index (κ2) is 6.47. The van der Waals surface area contributed by atoms with Crippen molar-refractivity contribution in [3.63, 3.8) is 0 Å². The van der Waals surface area contributed by atoms with Crippen molar-refractivity contribution in [3.05, 3.63) is 35.0 Å². The molecule has 25 heavy (non-hydrogen) atoms. The van der Waals surface area contributed by atoms with Gasteiger partial charge in [-0.1, -0.05) is 13.8 Å². The van der Waals surface area contributed by atoms with Crippen LogP contribution in [0.3, 0.4) is 0 Å². The molecule has 0 aromatic carbocycles. The maximum absolute atomic E-state index is 12.7. The molecule has 1 amide bonds. The van der Waals surface area contributed by atoms with Gasteiger partial charge >= 0.3 is 5.69 Å². The van der Waals surface area contributed by atoms with Crippen molar-refractivity contribution in [2.75, 3.05) is 20.3 Å². The number of hydrogen-bond acceptors (Lipinski definition) is 5. The average Bonchev–Trinajstić information content (AvgIpc) is 3.12. The number of aromatic nitrogens is 5. The highest BCUT2D eigenvalue weighted by Crippen LogP contribution is 2.47. The summed E-state index contributed by atoms with van der Waals surface area (Å²) in [5.74, 6) is 0.710. The summed E-state index contributed by atoms with van der Waals surface area (Å²) in [7, 11) is 3.27. The normalized spacial score (nSPS) is 19.0. The van der Waals surface area contributed by atoms with Crippen LogP contribution in [0.15, 0.2) is 23.5 Å². The number of methoxy groups -OCH3 is 1. The van der Waals surface area contributed by atoms with E-state index in [1.807, 2.05) is 10.8 Å². The molecule has 2 aromatic heterocycles. The molecule has 1 unspecified atom stereocenters. The smallest absolute Gasteiger partial charge is 0.345 e. The Morgan fingerprint density at radius 1 is 1.44 bits per heavy atom. The van der Waals surface area contributed by atoms with Gasteiger partial charge in [0.25, 0.3) is 0 Å². The summed E-state index contributed by atoms with van der Waals surface area (Å²) < 4.78 is 9.69. The largest absolute Gasteiger partial charge is 0.383 e. The van der Waals surface area contributed by atoms with Crippen LogP contribution in [0.5, 0.6) is 0 Å². The molecule has 0 radical (unpaired) electrons. The van der Waals surface area contributed by atoms with Gasteiger partial charge in [-0.3, -0.25) is 9.36 Å². The van der Waals surface area contributed by atoms with Crippen LogP contribution in [0.25, 0.3) is 0 Å². The fourth-order valence-corrected chi connectivity index (χ4v) is 3.34. The third-order valence-corrected chi connectivity index (χ3v) is 4.65. The molecule has 9 heteroatoms. The van der Waals surface area contributed by atoms with Crippen molar-refractivity contribution in [3.8, 4) is 0 Å². The number of hydrogen-bond donors (Lipinski definition) is 0. The van der Waals surface area contributed by atoms with Gasteiger partial charge in [0.1, 0.15) is 18.7 Å². The number of carbonyl (C=O) groups excluding carboxylic acids is 1. The van der Waals surface area contributed by atoms with E-state index in [2.05, 4.69) is 23.9 Å². The number of carbonyl (C=O) groups is 1. The molecule has 3 heterocycles. The number of rotatable bonds is 6. The Kier molecular flexibility index (Phi) is 4.51. The van der Waals surface area contributed by atoms with E-state index in [4.69, 9.17) is 4.74 Å². The third kappa shape index (κ3) is 3.11. The molecule has 1 saturated heterocycles. The Labute approximate surface area is 145 Å². The fourth-order valence-electron chi connectivity index (χ4n) is 3.34. The molecule has 3 rings (SSSR count). The summed E-state index contributed by atoms with van der Waals surface area (Å²) in [6.07, 6.45) is 5.05. The van der Waals surface area contributed by atoms with Gasteiger partial charge in [-0.2, -0.15) is 5.10 Å². The monoisotopic (exact) mass is 348 g/mol. The first kappa shape index (κ1) is 17.4. The predicted octanol–water partition coefficient (Wildman–Crippen LogP) is 0.0344. The number of ether oxygens (including phenoxy) is 1. The summed E-state index contributed by atoms with van der Waals surface area (Å²) in [5, 5.41) is 3.96. The molecule has 2 aromatic rings. The van der Waals surface area contributed by atoms with Crippen LogP contribution in [0.4, 0.5) is 0 Å². The van der Waals surface area contributed by atoms with E-state index < -0.39 is 0 Å². The molecule has 136 valence electrons. The van der Waals surface area contributed by atoms with Gasteiger partial charge in [0.15, 0.2) is 0 Å². The minimum absolute atomic E-state index is 0.0645. The molecule has 0 saturated carbocycles. The van der Waals surface area contributed by atoms with Gasteiger partial charge in [-0.05, 0) is 0 Å². The zero-order valence-corrected chi connectivity index (χ0v) is 15.0. The van der Waals surface area contributed by atoms with E-state index in [-0.39, 0.29) is 29.6 Å². The molecule has 1 aliphatic heterocycles. The lowest BCUT2D eigenvalue weighted by atomic mass is 9.74. The van der Waals surface area contributed by atoms with Gasteiger partial charge in [-0.25, -0.2) is 14.5 Å². The maximum Gasteiger partial charge on any atom is 0.345 e. The van der Waals surface area contributed by atoms with Crippen molar-refractivity contribution in [2.45, 2.75) is 33.0 Å². The highest BCUT2D eigenvalue weighted by molar-refractivity contribution is 5.77. The molecule has 1 atom stereocenters. The molecular formula is C16H24N6O3. The van der Waals surface area contributed by atoms with Crippen molar-refractivity contribution >= 4 is 5.91 Å². The Hall–Kier alpha value is -2.42. The van der Waals surface area contributed by atoms with Crippen molar-refractivity contribution in [1.29, 1.82) is 0 Å². The van der Waals surface area contributed by atoms with Crippen LogP contribution in [-0.4, -0.2) is 55.0 Å². The summed E-state index contributed by atoms with van der Waals surface area (Å²) in [6, 6.07) is -0.133. The Bertz CT molecular complexity index is 818. The SMILES string of the molecule is COCCn1ccnc1C1N(C(=O)Cn2ncn(C)c2=O)CC1(C)C. The first-order valence-corrected chi connectivity index (χ1v) is 8.23. The van der Waals surface area contributed by atoms with Gasteiger partial charge in [0, 0.05) is 45.1 Å². The number of likely N-dealkylation sites (tertiary alicyclic amines) is 1. The average molecular weight is 348 g/mol. The second-order valence-corrected chi connectivity index (χ2v) is 7.07. The van der Waals surface area contributed by atoms with Crippen LogP contribution >= 0.6 is 0 Å². The van der Waals surface area contributed by atoms with E-state index in [1.54, 1.807) is 25.3 Å². The first-order valence-electron chi connectivity index (χ1n) is 8.23. The fraction of sp³-hybridized carbons (Fsp3) is 0.625. The summed E-state index contributed by atoms with van der Waals surface area (Å²) in [5.41, 5.74) is -0.382. The number of nitrogens with zero attached hydrogens (tertiary/aromatic N) is 6. The predicted molar refractivity (Wildman–Crippen MR) is 89.8 cm³/mol. The van der Waals surface area contributed by atoms with E-state index >= 15 is 0 Å². The summed E-state index contributed by atoms with van der Waals surface area (Å²) in [6.45, 7) is 6.04. The Morgan fingerprint density at radius 3 is 2.80 bits per heavy atom. The van der Waals surface area contributed by atoms with Crippen LogP contribution in [-0.2, 0) is 29.7 Å². The van der Waals surface area contributed by atoms with Gasteiger partial charge in [0.2, 0.25) is 5.91 Å². The highest BCUT2D eigenvalue weighted by atomic mass is 16.5. The van der Waals surface area contributed by atoms with E-state index in [9.17, 15) is 9.59 Å². The molecule has 1 aliphatic rings. The van der Waals surface area contributed by atoms with Crippen LogP contribution in [0, 0.1) is 5.41 Å². The minimum Gasteiger partial charge on any atom is -0.383 e. The van der Waals surface area contributed by atoms with Crippen molar-refractivity contribution in [2.24, 2.45) is 12.5 Å². The van der Waals surface area contributed by atoms with Gasteiger partial charge in [0.05, 0.1) is 12.6 Å². The van der Waals surface area contributed by atoms with E-state index in [1.165, 1.54) is 15.6 Å². The Morgan fingerprint density at radius 2 is 2.20 bits per heavy atom. The Balaban J connectivity index is 1.80. The summed E-state index contributed by atoms with van der Waals surface area (Å²) >= 11 is 0. The number of amides is 1. The van der Waals surface area contributed by atoms with Crippen LogP contribution in [0.2, 0.25) is 0 Å².